The standard InChI is InChI=1S/C26H44N2O7.C18H27NO7.C15H34N3O.C15H32NO2P.C14H29NO2S.C14H27NO.C10H20O/c1-18(2)8-10-28(11-13-34-15-14-33-12-9-27)17-21-6-4-20(5-7-21)16-22-23(30)24(31)25(32)26(35-22)19(3)29;1-10(2)7-8-19-9-11-3-5-12(6-4-11)25-18-15(22)13(20)14(21)16(26-18)17(23)24;1-13(2)10-11-17(3)15(19)14(16)9-7-8-12-18(4,5)6;1-14(2)10-12-16(11-7-13-19(3,17)18)15-8-5-4-6-9-15;1-13(2)9-10-15(11-12-18(3,16)17)14-7-5-4-6-8-14;1-12(2)5-4-6-14-7-9-15(10-8-14)11-13(3)16;1-9(2)7-5-4-6-8-10(3)11/h4-7,18,22-26,30-32H,8-17,27H2,1-3H3;3-6,10,13-16,18-22H,7-9H2,1-2H3,(H,23,24);13-14H,7-12,16H2,1-6H3;14-15H,4-13H2,1-3H3,(H,17,18);13-14H,3-12H2,1-2H3,(H,16,17);12,14H,4-11H2,1-3H3;9H,4-8H2,1-3H3/q;;+1;;;;. The smallest absolute Gasteiger partial charge is 0.335 e. The molecule has 2 saturated carbocycles. The van der Waals surface area contributed by atoms with Gasteiger partial charge in [0.1, 0.15) is 60.0 Å². The van der Waals surface area contributed by atoms with Crippen molar-refractivity contribution < 1.29 is 106 Å². The van der Waals surface area contributed by atoms with Crippen LogP contribution in [0.1, 0.15) is 321 Å². The molecule has 3 saturated heterocycles. The van der Waals surface area contributed by atoms with Crippen LogP contribution < -0.4 is 21.5 Å². The second-order valence-electron chi connectivity index (χ2n) is 45.7. The Morgan fingerprint density at radius 3 is 1.53 bits per heavy atom. The van der Waals surface area contributed by atoms with Gasteiger partial charge in [0.15, 0.2) is 19.3 Å². The van der Waals surface area contributed by atoms with Gasteiger partial charge in [-0.25, -0.2) is 9.00 Å². The average molecular weight is 2090 g/mol. The van der Waals surface area contributed by atoms with Crippen molar-refractivity contribution in [2.75, 3.05) is 158 Å². The lowest BCUT2D eigenvalue weighted by atomic mass is 9.90. The molecule has 5 fully saturated rings. The van der Waals surface area contributed by atoms with Crippen molar-refractivity contribution >= 4 is 52.3 Å². The van der Waals surface area contributed by atoms with Gasteiger partial charge in [-0.3, -0.25) is 33.6 Å². The van der Waals surface area contributed by atoms with Crippen LogP contribution in [0.4, 0.5) is 0 Å². The van der Waals surface area contributed by atoms with Crippen molar-refractivity contribution in [3.8, 4) is 5.75 Å². The van der Waals surface area contributed by atoms with Crippen molar-refractivity contribution in [1.82, 2.24) is 29.8 Å². The number of nitrogens with zero attached hydrogens (tertiary/aromatic N) is 6. The van der Waals surface area contributed by atoms with Crippen molar-refractivity contribution in [1.29, 1.82) is 0 Å². The Labute approximate surface area is 874 Å². The molecule has 13 unspecified atom stereocenters. The van der Waals surface area contributed by atoms with Crippen LogP contribution in [0.3, 0.4) is 0 Å². The third-order valence-corrected chi connectivity index (χ3v) is 28.9. The van der Waals surface area contributed by atoms with E-state index in [-0.39, 0.29) is 17.7 Å². The molecule has 5 aliphatic rings. The van der Waals surface area contributed by atoms with Crippen molar-refractivity contribution in [2.45, 2.75) is 403 Å². The highest BCUT2D eigenvalue weighted by Gasteiger charge is 2.49. The molecule has 30 nitrogen and oxygen atoms in total. The maximum atomic E-state index is 12.0. The van der Waals surface area contributed by atoms with E-state index in [0.29, 0.717) is 111 Å². The summed E-state index contributed by atoms with van der Waals surface area (Å²) in [6.07, 6.45) is 21.7. The molecule has 14 N–H and O–H groups in total. The lowest BCUT2D eigenvalue weighted by Gasteiger charge is -2.39. The summed E-state index contributed by atoms with van der Waals surface area (Å²) >= 11 is 0. The molecular weight excluding hydrogens is 1870 g/mol. The number of carbonyl (C=O) groups is 5. The number of likely N-dealkylation sites (tertiary alicyclic amines) is 1. The maximum Gasteiger partial charge on any atom is 0.335 e. The van der Waals surface area contributed by atoms with Crippen LogP contribution in [-0.2, 0) is 76.8 Å². The van der Waals surface area contributed by atoms with E-state index in [1.807, 2.05) is 43.4 Å². The summed E-state index contributed by atoms with van der Waals surface area (Å²) in [6.45, 7) is 53.1. The summed E-state index contributed by atoms with van der Waals surface area (Å²) in [5.74, 6) is 8.78. The molecule has 144 heavy (non-hydrogen) atoms. The first-order valence-corrected chi connectivity index (χ1v) is 59.4. The van der Waals surface area contributed by atoms with Gasteiger partial charge in [0, 0.05) is 84.1 Å². The molecule has 2 aliphatic carbocycles. The summed E-state index contributed by atoms with van der Waals surface area (Å²) in [6, 6.07) is 16.1. The zero-order chi connectivity index (χ0) is 109. The first kappa shape index (κ1) is 138. The molecule has 3 heterocycles. The number of aliphatic carboxylic acids is 1. The highest BCUT2D eigenvalue weighted by molar-refractivity contribution is 7.95. The Hall–Kier alpha value is -4.36. The normalized spacial score (nSPS) is 21.5. The molecule has 13 atom stereocenters. The van der Waals surface area contributed by atoms with Crippen LogP contribution in [0.25, 0.3) is 0 Å². The highest BCUT2D eigenvalue weighted by atomic mass is 32.2. The van der Waals surface area contributed by atoms with Crippen LogP contribution in [0.2, 0.25) is 0 Å². The summed E-state index contributed by atoms with van der Waals surface area (Å²) in [5, 5.41) is 72.2. The number of nitrogens with one attached hydrogen (secondary N) is 1. The number of nitrogens with two attached hydrogens (primary N) is 2. The number of Topliss-reactive ketones (excluding diaryl/α,β-unsaturated/α-hetero) is 3. The molecule has 32 heteroatoms. The van der Waals surface area contributed by atoms with E-state index >= 15 is 0 Å². The fourth-order valence-corrected chi connectivity index (χ4v) is 19.0. The fraction of sp³-hybridized carbons (Fsp3) is 0.839. The zero-order valence-corrected chi connectivity index (χ0v) is 95.8. The number of rotatable bonds is 60. The molecule has 842 valence electrons. The molecule has 0 aromatic heterocycles. The number of carboxylic acids is 1. The number of aliphatic hydroxyl groups excluding tert-OH is 6. The predicted octanol–water partition coefficient (Wildman–Crippen LogP) is 15.4. The van der Waals surface area contributed by atoms with E-state index in [0.717, 1.165) is 187 Å². The van der Waals surface area contributed by atoms with Gasteiger partial charge < -0.3 is 105 Å². The van der Waals surface area contributed by atoms with E-state index in [1.54, 1.807) is 30.9 Å². The minimum Gasteiger partial charge on any atom is -0.479 e. The Morgan fingerprint density at radius 1 is 0.549 bits per heavy atom. The summed E-state index contributed by atoms with van der Waals surface area (Å²) in [5.41, 5.74) is 14.5. The first-order valence-electron chi connectivity index (χ1n) is 55.2. The van der Waals surface area contributed by atoms with Crippen LogP contribution >= 0.6 is 7.37 Å². The fourth-order valence-electron chi connectivity index (χ4n) is 17.7. The number of hydrogen-bond donors (Lipinski definition) is 12. The molecule has 0 radical (unpaired) electrons. The minimum atomic E-state index is -2.84. The van der Waals surface area contributed by atoms with Gasteiger partial charge in [-0.05, 0) is 251 Å². The molecule has 0 spiro atoms. The number of amides is 1. The Balaban J connectivity index is 0.000000863. The number of carboxylic acid groups (broad SMARTS) is 1. The lowest BCUT2D eigenvalue weighted by Crippen LogP contribution is -2.61. The van der Waals surface area contributed by atoms with E-state index in [4.69, 9.17) is 40.3 Å². The largest absolute Gasteiger partial charge is 0.479 e. The molecule has 0 bridgehead atoms. The number of likely N-dealkylation sites (N-methyl/N-ethyl adjacent to an activating group) is 1. The van der Waals surface area contributed by atoms with Gasteiger partial charge >= 0.3 is 5.97 Å². The average Bonchev–Trinajstić information content (AvgIpc) is 0.804. The zero-order valence-electron chi connectivity index (χ0n) is 94.1. The third-order valence-electron chi connectivity index (χ3n) is 27.0. The third kappa shape index (κ3) is 69.2. The van der Waals surface area contributed by atoms with Gasteiger partial charge in [0.2, 0.25) is 12.2 Å². The Morgan fingerprint density at radius 2 is 1.03 bits per heavy atom. The second kappa shape index (κ2) is 77.9. The van der Waals surface area contributed by atoms with Crippen LogP contribution in [0.5, 0.6) is 5.75 Å². The quantitative estimate of drug-likeness (QED) is 0.0127. The van der Waals surface area contributed by atoms with Crippen LogP contribution in [-0.4, -0.2) is 351 Å². The molecule has 2 aromatic rings. The van der Waals surface area contributed by atoms with Crippen molar-refractivity contribution in [3.05, 3.63) is 65.2 Å². The monoisotopic (exact) mass is 2080 g/mol. The Bertz CT molecular complexity index is 3770. The molecule has 1 amide bonds. The number of piperidine rings is 1. The SMILES string of the molecule is C=S(=O)(O)CCN(CCC(C)C)C1CCCCC1.CC(=O)C1OC(Cc2ccc(CN(CCOCCOCCN)CCC(C)C)cc2)C(O)C(O)C1O.CC(=O)CCCCCC(C)C.CC(=O)CN1CCC(CCCC(C)C)CC1.CC(C)CCN(C)C(=O)C(N)CCCC[N+](C)(C)C.CC(C)CCN(CCCP(C)(=O)O)C1CCCCC1.CC(C)CCNCc1ccc(OC2OC(C(=O)O)C(O)C(O)C2O)cc1. The number of unbranched alkanes of at least 4 members (excludes halogenated alkanes) is 3. The van der Waals surface area contributed by atoms with Crippen LogP contribution in [0.15, 0.2) is 48.5 Å². The number of benzene rings is 2. The molecular formula is C112H213N9O21PS+. The molecule has 7 rings (SSSR count). The number of ketones is 3. The lowest BCUT2D eigenvalue weighted by molar-refractivity contribution is -0.870. The second-order valence-corrected chi connectivity index (χ2v) is 50.2. The van der Waals surface area contributed by atoms with E-state index in [9.17, 15) is 72.8 Å². The number of aliphatic hydroxyl groups is 6. The molecule has 2 aromatic carbocycles. The topological polar surface area (TPSA) is 428 Å². The van der Waals surface area contributed by atoms with Gasteiger partial charge in [-0.1, -0.05) is 210 Å². The summed E-state index contributed by atoms with van der Waals surface area (Å²) < 4.78 is 60.2. The predicted molar refractivity (Wildman–Crippen MR) is 588 cm³/mol. The number of carbonyl (C=O) groups excluding carboxylic acids is 4. The van der Waals surface area contributed by atoms with Crippen molar-refractivity contribution in [3.63, 3.8) is 0 Å². The van der Waals surface area contributed by atoms with Crippen molar-refractivity contribution in [2.24, 2.45) is 58.8 Å². The van der Waals surface area contributed by atoms with Gasteiger partial charge in [0.05, 0.1) is 88.4 Å². The maximum absolute atomic E-state index is 12.0. The van der Waals surface area contributed by atoms with E-state index in [1.165, 1.54) is 142 Å². The highest BCUT2D eigenvalue weighted by Crippen LogP contribution is 2.37. The summed E-state index contributed by atoms with van der Waals surface area (Å²) in [7, 11) is 2.75. The number of quaternary nitrogens is 1. The van der Waals surface area contributed by atoms with Gasteiger partial charge in [-0.2, -0.15) is 0 Å². The van der Waals surface area contributed by atoms with Crippen LogP contribution in [0, 0.1) is 47.3 Å². The van der Waals surface area contributed by atoms with E-state index in [2.05, 4.69) is 149 Å². The first-order chi connectivity index (χ1) is 67.6. The Kier molecular flexibility index (Phi) is 74.4. The van der Waals surface area contributed by atoms with Gasteiger partial charge in [-0.15, -0.1) is 0 Å². The van der Waals surface area contributed by atoms with E-state index < -0.39 is 84.4 Å². The summed E-state index contributed by atoms with van der Waals surface area (Å²) in [4.78, 5) is 77.3. The number of hydrogen-bond acceptors (Lipinski definition) is 25. The number of ether oxygens (including phenoxy) is 5. The van der Waals surface area contributed by atoms with Gasteiger partial charge in [0.25, 0.3) is 0 Å². The minimum absolute atomic E-state index is 0.0888. The molecule has 3 aliphatic heterocycles.